The quantitative estimate of drug-likeness (QED) is 0.812. The Morgan fingerprint density at radius 3 is 2.82 bits per heavy atom. The van der Waals surface area contributed by atoms with E-state index in [1.165, 1.54) is 6.26 Å². The van der Waals surface area contributed by atoms with Crippen LogP contribution in [0.5, 0.6) is 0 Å². The van der Waals surface area contributed by atoms with Crippen molar-refractivity contribution in [2.24, 2.45) is 5.92 Å². The molecule has 0 N–H and O–H groups in total. The number of piperidine rings is 1. The van der Waals surface area contributed by atoms with E-state index in [0.717, 1.165) is 36.8 Å². The Morgan fingerprint density at radius 2 is 2.23 bits per heavy atom. The Labute approximate surface area is 136 Å². The first-order chi connectivity index (χ1) is 10.4. The summed E-state index contributed by atoms with van der Waals surface area (Å²) in [6.07, 6.45) is 2.23. The molecule has 0 bridgehead atoms. The fourth-order valence-electron chi connectivity index (χ4n) is 3.74. The molecule has 0 aliphatic carbocycles. The van der Waals surface area contributed by atoms with Crippen molar-refractivity contribution in [2.45, 2.75) is 32.0 Å². The van der Waals surface area contributed by atoms with Gasteiger partial charge in [0.15, 0.2) is 0 Å². The van der Waals surface area contributed by atoms with Crippen LogP contribution in [0, 0.1) is 12.8 Å². The minimum absolute atomic E-state index is 0.0217. The summed E-state index contributed by atoms with van der Waals surface area (Å²) in [4.78, 5) is 6.82. The number of sulfonamides is 1. The van der Waals surface area contributed by atoms with E-state index in [4.69, 9.17) is 4.74 Å². The number of fused-ring (bicyclic) bond motifs is 1. The van der Waals surface area contributed by atoms with Crippen molar-refractivity contribution >= 4 is 21.4 Å². The van der Waals surface area contributed by atoms with Crippen LogP contribution in [0.2, 0.25) is 0 Å². The van der Waals surface area contributed by atoms with Crippen LogP contribution >= 0.6 is 11.3 Å². The summed E-state index contributed by atoms with van der Waals surface area (Å²) in [6.45, 7) is 4.97. The van der Waals surface area contributed by atoms with Gasteiger partial charge in [0, 0.05) is 50.6 Å². The molecule has 124 valence electrons. The maximum atomic E-state index is 12.0. The molecule has 1 aromatic heterocycles. The number of aromatic nitrogens is 1. The second-order valence-electron chi connectivity index (χ2n) is 6.22. The molecule has 3 atom stereocenters. The van der Waals surface area contributed by atoms with Crippen LogP contribution in [-0.2, 0) is 21.3 Å². The zero-order valence-corrected chi connectivity index (χ0v) is 14.9. The highest BCUT2D eigenvalue weighted by Gasteiger charge is 2.47. The van der Waals surface area contributed by atoms with Gasteiger partial charge in [-0.1, -0.05) is 0 Å². The summed E-state index contributed by atoms with van der Waals surface area (Å²) < 4.78 is 31.4. The van der Waals surface area contributed by atoms with Gasteiger partial charge in [-0.05, 0) is 13.3 Å². The van der Waals surface area contributed by atoms with E-state index in [1.54, 1.807) is 22.8 Å². The van der Waals surface area contributed by atoms with Gasteiger partial charge in [0.2, 0.25) is 10.0 Å². The van der Waals surface area contributed by atoms with E-state index in [0.29, 0.717) is 6.54 Å². The van der Waals surface area contributed by atoms with E-state index in [1.807, 2.05) is 6.92 Å². The fraction of sp³-hybridized carbons (Fsp3) is 0.786. The second kappa shape index (κ2) is 6.16. The number of methoxy groups -OCH3 is 1. The van der Waals surface area contributed by atoms with Crippen LogP contribution in [0.3, 0.4) is 0 Å². The molecule has 2 saturated heterocycles. The molecule has 2 aliphatic heterocycles. The van der Waals surface area contributed by atoms with Gasteiger partial charge in [0.1, 0.15) is 0 Å². The molecular weight excluding hydrogens is 322 g/mol. The van der Waals surface area contributed by atoms with Crippen LogP contribution in [0.15, 0.2) is 5.38 Å². The highest BCUT2D eigenvalue weighted by atomic mass is 32.2. The molecule has 3 heterocycles. The molecule has 1 aromatic rings. The van der Waals surface area contributed by atoms with Crippen LogP contribution in [-0.4, -0.2) is 67.8 Å². The van der Waals surface area contributed by atoms with Gasteiger partial charge in [-0.3, -0.25) is 4.90 Å². The molecule has 6 nitrogen and oxygen atoms in total. The number of ether oxygens (including phenoxy) is 1. The van der Waals surface area contributed by atoms with Crippen LogP contribution in [0.25, 0.3) is 0 Å². The van der Waals surface area contributed by atoms with E-state index in [-0.39, 0.29) is 18.1 Å². The first kappa shape index (κ1) is 16.3. The molecule has 0 unspecified atom stereocenters. The number of thiazole rings is 1. The van der Waals surface area contributed by atoms with Crippen molar-refractivity contribution in [1.29, 1.82) is 0 Å². The average Bonchev–Trinajstić information content (AvgIpc) is 3.02. The molecule has 2 fully saturated rings. The lowest BCUT2D eigenvalue weighted by molar-refractivity contribution is 0.00244. The second-order valence-corrected chi connectivity index (χ2v) is 9.22. The van der Waals surface area contributed by atoms with Gasteiger partial charge in [-0.2, -0.15) is 4.31 Å². The molecule has 0 spiro atoms. The van der Waals surface area contributed by atoms with Crippen molar-refractivity contribution in [2.75, 3.05) is 33.0 Å². The zero-order chi connectivity index (χ0) is 15.9. The van der Waals surface area contributed by atoms with Crippen LogP contribution < -0.4 is 0 Å². The lowest BCUT2D eigenvalue weighted by Gasteiger charge is -2.39. The first-order valence-electron chi connectivity index (χ1n) is 7.51. The maximum Gasteiger partial charge on any atom is 0.211 e. The Balaban J connectivity index is 1.76. The third-order valence-corrected chi connectivity index (χ3v) is 6.80. The number of likely N-dealkylation sites (tertiary alicyclic amines) is 1. The van der Waals surface area contributed by atoms with E-state index in [2.05, 4.69) is 15.3 Å². The third kappa shape index (κ3) is 3.21. The number of hydrogen-bond donors (Lipinski definition) is 0. The van der Waals surface area contributed by atoms with Gasteiger partial charge in [-0.15, -0.1) is 11.3 Å². The normalized spacial score (nSPS) is 30.6. The molecular formula is C14H23N3O3S2. The summed E-state index contributed by atoms with van der Waals surface area (Å²) in [5.41, 5.74) is 1.07. The minimum atomic E-state index is -3.17. The molecule has 0 radical (unpaired) electrons. The lowest BCUT2D eigenvalue weighted by atomic mass is 9.91. The number of aryl methyl sites for hydroxylation is 1. The zero-order valence-electron chi connectivity index (χ0n) is 13.2. The topological polar surface area (TPSA) is 62.7 Å². The molecule has 22 heavy (non-hydrogen) atoms. The van der Waals surface area contributed by atoms with E-state index >= 15 is 0 Å². The average molecular weight is 345 g/mol. The number of nitrogens with zero attached hydrogens (tertiary/aromatic N) is 3. The summed E-state index contributed by atoms with van der Waals surface area (Å²) in [6, 6.07) is 0.0217. The fourth-order valence-corrected chi connectivity index (χ4v) is 5.50. The van der Waals surface area contributed by atoms with Crippen molar-refractivity contribution in [3.8, 4) is 0 Å². The monoisotopic (exact) mass is 345 g/mol. The predicted octanol–water partition coefficient (Wildman–Crippen LogP) is 0.932. The highest BCUT2D eigenvalue weighted by Crippen LogP contribution is 2.34. The van der Waals surface area contributed by atoms with Gasteiger partial charge in [0.25, 0.3) is 0 Å². The van der Waals surface area contributed by atoms with Crippen LogP contribution in [0.4, 0.5) is 0 Å². The van der Waals surface area contributed by atoms with Gasteiger partial charge in [0.05, 0.1) is 23.1 Å². The van der Waals surface area contributed by atoms with Gasteiger partial charge in [-0.25, -0.2) is 13.4 Å². The van der Waals surface area contributed by atoms with Crippen LogP contribution in [0.1, 0.15) is 17.1 Å². The molecule has 3 rings (SSSR count). The van der Waals surface area contributed by atoms with Crippen molar-refractivity contribution in [3.63, 3.8) is 0 Å². The van der Waals surface area contributed by atoms with Gasteiger partial charge >= 0.3 is 0 Å². The standard InChI is InChI=1S/C14H23N3O3S2/c1-10-15-11(9-21-10)6-16-7-12-13(8-16)17(22(3,18)19)5-4-14(12)20-2/h9,12-14H,4-8H2,1-3H3/t12-,13+,14+/m0/s1. The largest absolute Gasteiger partial charge is 0.381 e. The predicted molar refractivity (Wildman–Crippen MR) is 86.4 cm³/mol. The number of hydrogen-bond acceptors (Lipinski definition) is 6. The molecule has 2 aliphatic rings. The maximum absolute atomic E-state index is 12.0. The van der Waals surface area contributed by atoms with Crippen molar-refractivity contribution in [1.82, 2.24) is 14.2 Å². The highest BCUT2D eigenvalue weighted by molar-refractivity contribution is 7.88. The Hall–Kier alpha value is -0.540. The van der Waals surface area contributed by atoms with E-state index < -0.39 is 10.0 Å². The summed E-state index contributed by atoms with van der Waals surface area (Å²) in [5, 5.41) is 3.15. The first-order valence-corrected chi connectivity index (χ1v) is 10.2. The number of rotatable bonds is 4. The summed E-state index contributed by atoms with van der Waals surface area (Å²) >= 11 is 1.65. The Morgan fingerprint density at radius 1 is 1.45 bits per heavy atom. The molecule has 0 saturated carbocycles. The third-order valence-electron chi connectivity index (χ3n) is 4.67. The lowest BCUT2D eigenvalue weighted by Crippen LogP contribution is -2.53. The smallest absolute Gasteiger partial charge is 0.211 e. The molecule has 0 aromatic carbocycles. The van der Waals surface area contributed by atoms with Crippen molar-refractivity contribution in [3.05, 3.63) is 16.1 Å². The molecule has 0 amide bonds. The molecule has 8 heteroatoms. The Bertz CT molecular complexity index is 631. The Kier molecular flexibility index (Phi) is 4.57. The summed E-state index contributed by atoms with van der Waals surface area (Å²) in [7, 11) is -1.44. The van der Waals surface area contributed by atoms with Crippen molar-refractivity contribution < 1.29 is 13.2 Å². The van der Waals surface area contributed by atoms with E-state index in [9.17, 15) is 8.42 Å². The summed E-state index contributed by atoms with van der Waals surface area (Å²) in [5.74, 6) is 0.244. The van der Waals surface area contributed by atoms with Gasteiger partial charge < -0.3 is 4.74 Å². The minimum Gasteiger partial charge on any atom is -0.381 e. The SMILES string of the molecule is CO[C@@H]1CCN(S(C)(=O)=O)[C@@H]2CN(Cc3csc(C)n3)C[C@@H]21.